The topological polar surface area (TPSA) is 60.6 Å². The molecule has 0 aromatic carbocycles. The van der Waals surface area contributed by atoms with E-state index in [1.807, 2.05) is 0 Å². The molecule has 0 saturated carbocycles. The van der Waals surface area contributed by atoms with Crippen molar-refractivity contribution in [1.29, 1.82) is 0 Å². The van der Waals surface area contributed by atoms with Crippen molar-refractivity contribution in [3.8, 4) is 0 Å². The van der Waals surface area contributed by atoms with Gasteiger partial charge in [0.15, 0.2) is 5.69 Å². The summed E-state index contributed by atoms with van der Waals surface area (Å²) < 4.78 is 40.4. The van der Waals surface area contributed by atoms with Crippen LogP contribution in [0, 0.1) is 0 Å². The Morgan fingerprint density at radius 3 is 2.75 bits per heavy atom. The zero-order valence-corrected chi connectivity index (χ0v) is 10.9. The van der Waals surface area contributed by atoms with Crippen molar-refractivity contribution in [2.45, 2.75) is 25.7 Å². The fraction of sp³-hybridized carbons (Fsp3) is 0.545. The van der Waals surface area contributed by atoms with E-state index in [4.69, 9.17) is 0 Å². The van der Waals surface area contributed by atoms with Gasteiger partial charge in [0.05, 0.1) is 5.69 Å². The van der Waals surface area contributed by atoms with Crippen LogP contribution in [0.25, 0.3) is 0 Å². The van der Waals surface area contributed by atoms with Gasteiger partial charge in [-0.15, -0.1) is 0 Å². The van der Waals surface area contributed by atoms with Gasteiger partial charge in [0.1, 0.15) is 12.7 Å². The average molecular weight is 288 g/mol. The van der Waals surface area contributed by atoms with Gasteiger partial charge in [-0.2, -0.15) is 23.4 Å². The van der Waals surface area contributed by atoms with Gasteiger partial charge in [0.2, 0.25) is 0 Å². The zero-order chi connectivity index (χ0) is 14.6. The van der Waals surface area contributed by atoms with Crippen LogP contribution >= 0.6 is 0 Å². The standard InChI is InChI=1S/C11H15F3N6/c1-19-9(5-10(18-19)11(12,13)14)6-15-3-2-4-20-8-16-7-17-20/h5,7-8,15H,2-4,6H2,1H3. The highest BCUT2D eigenvalue weighted by Gasteiger charge is 2.34. The summed E-state index contributed by atoms with van der Waals surface area (Å²) in [5.74, 6) is 0. The lowest BCUT2D eigenvalue weighted by molar-refractivity contribution is -0.141. The number of hydrogen-bond acceptors (Lipinski definition) is 4. The Kier molecular flexibility index (Phi) is 4.38. The third kappa shape index (κ3) is 3.80. The maximum Gasteiger partial charge on any atom is 0.435 e. The lowest BCUT2D eigenvalue weighted by atomic mass is 10.3. The monoisotopic (exact) mass is 288 g/mol. The van der Waals surface area contributed by atoms with E-state index in [0.29, 0.717) is 25.3 Å². The molecule has 0 fully saturated rings. The molecule has 0 aliphatic rings. The van der Waals surface area contributed by atoms with Crippen LogP contribution in [0.4, 0.5) is 13.2 Å². The molecule has 2 rings (SSSR count). The molecule has 0 aliphatic heterocycles. The first-order valence-electron chi connectivity index (χ1n) is 6.10. The van der Waals surface area contributed by atoms with Gasteiger partial charge in [-0.25, -0.2) is 4.98 Å². The molecule has 0 saturated heterocycles. The predicted molar refractivity (Wildman–Crippen MR) is 64.6 cm³/mol. The quantitative estimate of drug-likeness (QED) is 0.812. The van der Waals surface area contributed by atoms with Crippen molar-refractivity contribution >= 4 is 0 Å². The third-order valence-corrected chi connectivity index (χ3v) is 2.78. The molecule has 0 aliphatic carbocycles. The van der Waals surface area contributed by atoms with Gasteiger partial charge >= 0.3 is 6.18 Å². The molecule has 110 valence electrons. The maximum atomic E-state index is 12.5. The van der Waals surface area contributed by atoms with Gasteiger partial charge in [-0.1, -0.05) is 0 Å². The van der Waals surface area contributed by atoms with Crippen molar-refractivity contribution < 1.29 is 13.2 Å². The molecule has 0 radical (unpaired) electrons. The smallest absolute Gasteiger partial charge is 0.311 e. The number of nitrogens with zero attached hydrogens (tertiary/aromatic N) is 5. The van der Waals surface area contributed by atoms with E-state index in [-0.39, 0.29) is 0 Å². The first kappa shape index (κ1) is 14.5. The Morgan fingerprint density at radius 1 is 1.35 bits per heavy atom. The second kappa shape index (κ2) is 6.04. The molecular weight excluding hydrogens is 273 g/mol. The van der Waals surface area contributed by atoms with E-state index in [0.717, 1.165) is 12.5 Å². The van der Waals surface area contributed by atoms with Crippen LogP contribution in [0.3, 0.4) is 0 Å². The second-order valence-electron chi connectivity index (χ2n) is 4.33. The molecule has 2 aromatic rings. The summed E-state index contributed by atoms with van der Waals surface area (Å²) in [6.45, 7) is 1.73. The molecule has 0 bridgehead atoms. The summed E-state index contributed by atoms with van der Waals surface area (Å²) in [5.41, 5.74) is -0.363. The molecule has 2 aromatic heterocycles. The molecule has 0 spiro atoms. The summed E-state index contributed by atoms with van der Waals surface area (Å²) in [7, 11) is 1.50. The van der Waals surface area contributed by atoms with Gasteiger partial charge < -0.3 is 5.32 Å². The van der Waals surface area contributed by atoms with E-state index >= 15 is 0 Å². The van der Waals surface area contributed by atoms with Crippen LogP contribution in [0.1, 0.15) is 17.8 Å². The first-order chi connectivity index (χ1) is 9.47. The number of nitrogens with one attached hydrogen (secondary N) is 1. The van der Waals surface area contributed by atoms with E-state index in [1.165, 1.54) is 18.1 Å². The Balaban J connectivity index is 1.75. The number of aromatic nitrogens is 5. The highest BCUT2D eigenvalue weighted by atomic mass is 19.4. The highest BCUT2D eigenvalue weighted by Crippen LogP contribution is 2.28. The van der Waals surface area contributed by atoms with E-state index < -0.39 is 11.9 Å². The van der Waals surface area contributed by atoms with Crippen LogP contribution in [-0.2, 0) is 26.3 Å². The summed E-state index contributed by atoms with van der Waals surface area (Å²) in [4.78, 5) is 3.82. The fourth-order valence-electron chi connectivity index (χ4n) is 1.74. The fourth-order valence-corrected chi connectivity index (χ4v) is 1.74. The molecule has 2 heterocycles. The van der Waals surface area contributed by atoms with Crippen molar-refractivity contribution in [3.63, 3.8) is 0 Å². The first-order valence-corrected chi connectivity index (χ1v) is 6.10. The number of halogens is 3. The van der Waals surface area contributed by atoms with Crippen LogP contribution in [0.15, 0.2) is 18.7 Å². The Hall–Kier alpha value is -1.90. The Labute approximate surface area is 113 Å². The molecule has 0 unspecified atom stereocenters. The molecular formula is C11H15F3N6. The summed E-state index contributed by atoms with van der Waals surface area (Å²) in [5, 5.41) is 10.5. The normalized spacial score (nSPS) is 12.0. The zero-order valence-electron chi connectivity index (χ0n) is 10.9. The van der Waals surface area contributed by atoms with Crippen molar-refractivity contribution in [3.05, 3.63) is 30.1 Å². The van der Waals surface area contributed by atoms with Gasteiger partial charge in [0, 0.05) is 20.1 Å². The minimum Gasteiger partial charge on any atom is -0.311 e. The van der Waals surface area contributed by atoms with Gasteiger partial charge in [-0.05, 0) is 19.0 Å². The number of hydrogen-bond donors (Lipinski definition) is 1. The molecule has 0 atom stereocenters. The molecule has 1 N–H and O–H groups in total. The van der Waals surface area contributed by atoms with Crippen LogP contribution in [0.5, 0.6) is 0 Å². The predicted octanol–water partition coefficient (Wildman–Crippen LogP) is 1.21. The molecule has 20 heavy (non-hydrogen) atoms. The van der Waals surface area contributed by atoms with Gasteiger partial charge in [-0.3, -0.25) is 9.36 Å². The Bertz CT molecular complexity index is 531. The summed E-state index contributed by atoms with van der Waals surface area (Å²) in [6, 6.07) is 1.06. The second-order valence-corrected chi connectivity index (χ2v) is 4.33. The highest BCUT2D eigenvalue weighted by molar-refractivity contribution is 5.12. The van der Waals surface area contributed by atoms with E-state index in [2.05, 4.69) is 20.5 Å². The largest absolute Gasteiger partial charge is 0.435 e. The maximum absolute atomic E-state index is 12.5. The van der Waals surface area contributed by atoms with Crippen LogP contribution in [0.2, 0.25) is 0 Å². The SMILES string of the molecule is Cn1nc(C(F)(F)F)cc1CNCCCn1cncn1. The van der Waals surface area contributed by atoms with Crippen molar-refractivity contribution in [1.82, 2.24) is 29.9 Å². The van der Waals surface area contributed by atoms with Gasteiger partial charge in [0.25, 0.3) is 0 Å². The Morgan fingerprint density at radius 2 is 2.15 bits per heavy atom. The summed E-state index contributed by atoms with van der Waals surface area (Å²) >= 11 is 0. The number of alkyl halides is 3. The number of aryl methyl sites for hydroxylation is 2. The lowest BCUT2D eigenvalue weighted by Crippen LogP contribution is -2.18. The lowest BCUT2D eigenvalue weighted by Gasteiger charge is -2.04. The van der Waals surface area contributed by atoms with Crippen LogP contribution < -0.4 is 5.32 Å². The van der Waals surface area contributed by atoms with Crippen molar-refractivity contribution in [2.24, 2.45) is 7.05 Å². The molecule has 6 nitrogen and oxygen atoms in total. The van der Waals surface area contributed by atoms with E-state index in [1.54, 1.807) is 11.0 Å². The molecule has 0 amide bonds. The minimum atomic E-state index is -4.40. The third-order valence-electron chi connectivity index (χ3n) is 2.78. The van der Waals surface area contributed by atoms with E-state index in [9.17, 15) is 13.2 Å². The minimum absolute atomic E-state index is 0.344. The summed E-state index contributed by atoms with van der Waals surface area (Å²) in [6.07, 6.45) is -0.505. The van der Waals surface area contributed by atoms with Crippen LogP contribution in [-0.4, -0.2) is 31.1 Å². The molecule has 9 heteroatoms. The number of rotatable bonds is 6. The average Bonchev–Trinajstić information content (AvgIpc) is 2.98. The van der Waals surface area contributed by atoms with Crippen molar-refractivity contribution in [2.75, 3.05) is 6.54 Å².